The van der Waals surface area contributed by atoms with Crippen LogP contribution in [0.2, 0.25) is 0 Å². The molecule has 0 rings (SSSR count). The zero-order valence-electron chi connectivity index (χ0n) is 11.5. The molecule has 3 heteroatoms. The third-order valence-corrected chi connectivity index (χ3v) is 3.69. The fourth-order valence-electron chi connectivity index (χ4n) is 1.26. The van der Waals surface area contributed by atoms with Crippen LogP contribution in [-0.4, -0.2) is 19.0 Å². The van der Waals surface area contributed by atoms with Crippen molar-refractivity contribution >= 4 is 5.91 Å². The van der Waals surface area contributed by atoms with Gasteiger partial charge in [0.2, 0.25) is 5.91 Å². The maximum Gasteiger partial charge on any atom is 0.220 e. The molecule has 0 saturated heterocycles. The van der Waals surface area contributed by atoms with Gasteiger partial charge in [-0.3, -0.25) is 4.79 Å². The summed E-state index contributed by atoms with van der Waals surface area (Å²) >= 11 is 0. The van der Waals surface area contributed by atoms with Crippen molar-refractivity contribution in [2.75, 3.05) is 13.1 Å². The molecule has 96 valence electrons. The van der Waals surface area contributed by atoms with Crippen molar-refractivity contribution in [3.8, 4) is 0 Å². The molecule has 0 aromatic heterocycles. The molecule has 0 spiro atoms. The third-order valence-electron chi connectivity index (χ3n) is 3.69. The monoisotopic (exact) mass is 228 g/mol. The molecule has 0 aliphatic heterocycles. The second kappa shape index (κ2) is 6.89. The second-order valence-corrected chi connectivity index (χ2v) is 5.63. The molecule has 3 N–H and O–H groups in total. The normalized spacial score (nSPS) is 13.9. The van der Waals surface area contributed by atoms with Crippen LogP contribution in [-0.2, 0) is 4.79 Å². The number of nitrogens with one attached hydrogen (secondary N) is 1. The Hall–Kier alpha value is -0.570. The van der Waals surface area contributed by atoms with Gasteiger partial charge in [-0.15, -0.1) is 0 Å². The molecule has 1 atom stereocenters. The van der Waals surface area contributed by atoms with Crippen molar-refractivity contribution in [1.82, 2.24) is 5.32 Å². The van der Waals surface area contributed by atoms with Crippen molar-refractivity contribution < 1.29 is 4.79 Å². The van der Waals surface area contributed by atoms with Crippen molar-refractivity contribution in [3.63, 3.8) is 0 Å². The highest BCUT2D eigenvalue weighted by Gasteiger charge is 2.23. The Bertz CT molecular complexity index is 208. The van der Waals surface area contributed by atoms with Gasteiger partial charge in [-0.05, 0) is 23.8 Å². The number of nitrogens with two attached hydrogens (primary N) is 1. The molecule has 0 bridgehead atoms. The van der Waals surface area contributed by atoms with E-state index in [1.165, 1.54) is 0 Å². The van der Waals surface area contributed by atoms with Gasteiger partial charge in [0.25, 0.3) is 0 Å². The molecule has 1 amide bonds. The molecule has 0 aliphatic carbocycles. The van der Waals surface area contributed by atoms with E-state index >= 15 is 0 Å². The minimum absolute atomic E-state index is 0.131. The molecule has 0 heterocycles. The first-order valence-electron chi connectivity index (χ1n) is 6.30. The molecule has 0 saturated carbocycles. The lowest BCUT2D eigenvalue weighted by molar-refractivity contribution is -0.122. The van der Waals surface area contributed by atoms with Gasteiger partial charge in [-0.1, -0.05) is 41.0 Å². The standard InChI is InChI=1S/C13H28N2O/c1-6-11(8-14)7-12(16)15-9-13(4,5)10(2)3/h10-11H,6-9,14H2,1-5H3,(H,15,16). The van der Waals surface area contributed by atoms with Gasteiger partial charge >= 0.3 is 0 Å². The molecule has 16 heavy (non-hydrogen) atoms. The van der Waals surface area contributed by atoms with E-state index < -0.39 is 0 Å². The van der Waals surface area contributed by atoms with Gasteiger partial charge in [0, 0.05) is 13.0 Å². The van der Waals surface area contributed by atoms with E-state index in [4.69, 9.17) is 5.73 Å². The molecule has 1 unspecified atom stereocenters. The molecule has 0 aromatic carbocycles. The zero-order chi connectivity index (χ0) is 12.8. The van der Waals surface area contributed by atoms with Crippen molar-refractivity contribution in [3.05, 3.63) is 0 Å². The number of hydrogen-bond acceptors (Lipinski definition) is 2. The molecule has 0 fully saturated rings. The highest BCUT2D eigenvalue weighted by Crippen LogP contribution is 2.24. The van der Waals surface area contributed by atoms with Crippen molar-refractivity contribution in [1.29, 1.82) is 0 Å². The highest BCUT2D eigenvalue weighted by atomic mass is 16.1. The predicted molar refractivity (Wildman–Crippen MR) is 69.1 cm³/mol. The van der Waals surface area contributed by atoms with E-state index in [-0.39, 0.29) is 11.3 Å². The summed E-state index contributed by atoms with van der Waals surface area (Å²) in [6.45, 7) is 12.1. The van der Waals surface area contributed by atoms with Gasteiger partial charge in [-0.25, -0.2) is 0 Å². The third kappa shape index (κ3) is 5.50. The van der Waals surface area contributed by atoms with Crippen LogP contribution in [0.1, 0.15) is 47.5 Å². The number of rotatable bonds is 7. The van der Waals surface area contributed by atoms with E-state index in [2.05, 4.69) is 39.9 Å². The van der Waals surface area contributed by atoms with Crippen LogP contribution in [0.25, 0.3) is 0 Å². The highest BCUT2D eigenvalue weighted by molar-refractivity contribution is 5.76. The minimum Gasteiger partial charge on any atom is -0.356 e. The van der Waals surface area contributed by atoms with Gasteiger partial charge in [0.15, 0.2) is 0 Å². The lowest BCUT2D eigenvalue weighted by Crippen LogP contribution is -2.38. The first-order chi connectivity index (χ1) is 7.33. The van der Waals surface area contributed by atoms with Gasteiger partial charge in [0.05, 0.1) is 0 Å². The summed E-state index contributed by atoms with van der Waals surface area (Å²) in [7, 11) is 0. The Morgan fingerprint density at radius 1 is 1.38 bits per heavy atom. The summed E-state index contributed by atoms with van der Waals surface area (Å²) in [5.74, 6) is 1.01. The van der Waals surface area contributed by atoms with E-state index in [1.807, 2.05) is 0 Å². The fourth-order valence-corrected chi connectivity index (χ4v) is 1.26. The van der Waals surface area contributed by atoms with Crippen LogP contribution in [0.4, 0.5) is 0 Å². The quantitative estimate of drug-likeness (QED) is 0.701. The molecular weight excluding hydrogens is 200 g/mol. The molecule has 3 nitrogen and oxygen atoms in total. The Kier molecular flexibility index (Phi) is 6.65. The Balaban J connectivity index is 3.98. The summed E-state index contributed by atoms with van der Waals surface area (Å²) in [5, 5.41) is 3.01. The first kappa shape index (κ1) is 15.4. The Labute approximate surface area is 100 Å². The van der Waals surface area contributed by atoms with Gasteiger partial charge in [-0.2, -0.15) is 0 Å². The lowest BCUT2D eigenvalue weighted by Gasteiger charge is -2.29. The Morgan fingerprint density at radius 2 is 1.94 bits per heavy atom. The molecule has 0 radical (unpaired) electrons. The summed E-state index contributed by atoms with van der Waals surface area (Å²) in [5.41, 5.74) is 5.73. The van der Waals surface area contributed by atoms with Crippen LogP contribution < -0.4 is 11.1 Å². The van der Waals surface area contributed by atoms with Crippen LogP contribution in [0, 0.1) is 17.3 Å². The van der Waals surface area contributed by atoms with Crippen molar-refractivity contribution in [2.24, 2.45) is 23.0 Å². The van der Waals surface area contributed by atoms with Crippen LogP contribution in [0.15, 0.2) is 0 Å². The van der Waals surface area contributed by atoms with E-state index in [0.29, 0.717) is 24.8 Å². The number of amides is 1. The fraction of sp³-hybridized carbons (Fsp3) is 0.923. The first-order valence-corrected chi connectivity index (χ1v) is 6.30. The predicted octanol–water partition coefficient (Wildman–Crippen LogP) is 2.16. The minimum atomic E-state index is 0.131. The van der Waals surface area contributed by atoms with E-state index in [1.54, 1.807) is 0 Å². The van der Waals surface area contributed by atoms with E-state index in [0.717, 1.165) is 13.0 Å². The molecule has 0 aliphatic rings. The number of hydrogen-bond donors (Lipinski definition) is 2. The average molecular weight is 228 g/mol. The largest absolute Gasteiger partial charge is 0.356 e. The van der Waals surface area contributed by atoms with Crippen LogP contribution in [0.3, 0.4) is 0 Å². The summed E-state index contributed by atoms with van der Waals surface area (Å²) in [6.07, 6.45) is 1.53. The summed E-state index contributed by atoms with van der Waals surface area (Å²) in [4.78, 5) is 11.7. The van der Waals surface area contributed by atoms with Gasteiger partial charge in [0.1, 0.15) is 0 Å². The smallest absolute Gasteiger partial charge is 0.220 e. The number of carbonyl (C=O) groups is 1. The van der Waals surface area contributed by atoms with Crippen LogP contribution >= 0.6 is 0 Å². The maximum absolute atomic E-state index is 11.7. The SMILES string of the molecule is CCC(CN)CC(=O)NCC(C)(C)C(C)C. The topological polar surface area (TPSA) is 55.1 Å². The van der Waals surface area contributed by atoms with Crippen LogP contribution in [0.5, 0.6) is 0 Å². The summed E-state index contributed by atoms with van der Waals surface area (Å²) < 4.78 is 0. The number of carbonyl (C=O) groups excluding carboxylic acids is 1. The van der Waals surface area contributed by atoms with E-state index in [9.17, 15) is 4.79 Å². The second-order valence-electron chi connectivity index (χ2n) is 5.63. The molecule has 0 aromatic rings. The maximum atomic E-state index is 11.7. The molecular formula is C13H28N2O. The average Bonchev–Trinajstić information content (AvgIpc) is 2.23. The van der Waals surface area contributed by atoms with Gasteiger partial charge < -0.3 is 11.1 Å². The Morgan fingerprint density at radius 3 is 2.31 bits per heavy atom. The lowest BCUT2D eigenvalue weighted by atomic mass is 9.81. The van der Waals surface area contributed by atoms with Crippen molar-refractivity contribution in [2.45, 2.75) is 47.5 Å². The zero-order valence-corrected chi connectivity index (χ0v) is 11.5. The summed E-state index contributed by atoms with van der Waals surface area (Å²) in [6, 6.07) is 0.